The Bertz CT molecular complexity index is 373. The van der Waals surface area contributed by atoms with Crippen LogP contribution in [0.15, 0.2) is 35.2 Å². The molecule has 4 heteroatoms. The molecule has 1 radical (unpaired) electrons. The van der Waals surface area contributed by atoms with Gasteiger partial charge in [-0.3, -0.25) is 0 Å². The normalized spacial score (nSPS) is 11.5. The summed E-state index contributed by atoms with van der Waals surface area (Å²) >= 11 is 0. The Balaban J connectivity index is 2.53. The van der Waals surface area contributed by atoms with E-state index in [1.165, 1.54) is 0 Å². The molecule has 1 rings (SSSR count). The van der Waals surface area contributed by atoms with E-state index in [2.05, 4.69) is 11.6 Å². The van der Waals surface area contributed by atoms with E-state index in [0.717, 1.165) is 19.3 Å². The van der Waals surface area contributed by atoms with E-state index in [9.17, 15) is 8.42 Å². The molecule has 3 nitrogen and oxygen atoms in total. The number of hydrogen-bond donors (Lipinski definition) is 0. The summed E-state index contributed by atoms with van der Waals surface area (Å²) in [6.45, 7) is 2.47. The third kappa shape index (κ3) is 4.01. The van der Waals surface area contributed by atoms with Crippen LogP contribution in [0.3, 0.4) is 0 Å². The summed E-state index contributed by atoms with van der Waals surface area (Å²) in [6, 6.07) is 8.33. The van der Waals surface area contributed by atoms with E-state index in [0.29, 0.717) is 6.54 Å². The summed E-state index contributed by atoms with van der Waals surface area (Å²) in [5.74, 6) is 0. The van der Waals surface area contributed by atoms with E-state index in [1.54, 1.807) is 30.3 Å². The van der Waals surface area contributed by atoms with Gasteiger partial charge in [0.2, 0.25) is 0 Å². The van der Waals surface area contributed by atoms with E-state index in [-0.39, 0.29) is 4.90 Å². The minimum atomic E-state index is -3.42. The topological polar surface area (TPSA) is 48.2 Å². The first kappa shape index (κ1) is 12.2. The molecule has 1 aromatic carbocycles. The molecule has 1 aromatic rings. The van der Waals surface area contributed by atoms with Crippen LogP contribution in [0.2, 0.25) is 0 Å². The van der Waals surface area contributed by atoms with E-state index >= 15 is 0 Å². The molecule has 0 aliphatic carbocycles. The van der Waals surface area contributed by atoms with Crippen molar-refractivity contribution < 1.29 is 8.42 Å². The van der Waals surface area contributed by atoms with Crippen molar-refractivity contribution in [3.05, 3.63) is 30.3 Å². The van der Waals surface area contributed by atoms with Crippen LogP contribution in [0.4, 0.5) is 0 Å². The number of sulfonamides is 1. The quantitative estimate of drug-likeness (QED) is 0.698. The largest absolute Gasteiger partial charge is 0.256 e. The van der Waals surface area contributed by atoms with Crippen molar-refractivity contribution in [2.45, 2.75) is 31.1 Å². The molecular weight excluding hydrogens is 210 g/mol. The molecule has 0 unspecified atom stereocenters. The summed E-state index contributed by atoms with van der Waals surface area (Å²) in [7, 11) is -3.42. The van der Waals surface area contributed by atoms with Crippen LogP contribution in [-0.2, 0) is 10.0 Å². The molecule has 0 bridgehead atoms. The highest BCUT2D eigenvalue weighted by Gasteiger charge is 2.13. The lowest BCUT2D eigenvalue weighted by molar-refractivity contribution is 0.574. The molecule has 0 heterocycles. The standard InChI is InChI=1S/C11H16NO2S/c1-2-3-7-10-12-15(13,14)11-8-5-4-6-9-11/h4-6,8-9H,2-3,7,10H2,1H3. The first-order valence-electron chi connectivity index (χ1n) is 5.15. The molecular formula is C11H16NO2S. The Morgan fingerprint density at radius 1 is 1.13 bits per heavy atom. The lowest BCUT2D eigenvalue weighted by Crippen LogP contribution is -2.17. The zero-order valence-electron chi connectivity index (χ0n) is 8.89. The molecule has 0 spiro atoms. The molecule has 0 aromatic heterocycles. The molecule has 0 N–H and O–H groups in total. The van der Waals surface area contributed by atoms with Crippen molar-refractivity contribution in [3.8, 4) is 0 Å². The second-order valence-electron chi connectivity index (χ2n) is 3.35. The van der Waals surface area contributed by atoms with E-state index in [4.69, 9.17) is 0 Å². The van der Waals surface area contributed by atoms with Gasteiger partial charge >= 0.3 is 0 Å². The van der Waals surface area contributed by atoms with Gasteiger partial charge in [-0.15, -0.1) is 4.72 Å². The highest BCUT2D eigenvalue weighted by atomic mass is 32.2. The third-order valence-electron chi connectivity index (χ3n) is 2.06. The minimum Gasteiger partial charge on any atom is -0.206 e. The zero-order chi connectivity index (χ0) is 11.1. The summed E-state index contributed by atoms with van der Waals surface area (Å²) in [5.41, 5.74) is 0. The summed E-state index contributed by atoms with van der Waals surface area (Å²) in [6.07, 6.45) is 2.93. The fraction of sp³-hybridized carbons (Fsp3) is 0.455. The first-order valence-corrected chi connectivity index (χ1v) is 6.59. The Kier molecular flexibility index (Phi) is 4.78. The number of benzene rings is 1. The highest BCUT2D eigenvalue weighted by molar-refractivity contribution is 7.89. The SMILES string of the molecule is CCCCC[N]S(=O)(=O)c1ccccc1. The van der Waals surface area contributed by atoms with Gasteiger partial charge in [0.15, 0.2) is 0 Å². The summed E-state index contributed by atoms with van der Waals surface area (Å²) in [5, 5.41) is 0. The second kappa shape index (κ2) is 5.88. The third-order valence-corrected chi connectivity index (χ3v) is 3.45. The second-order valence-corrected chi connectivity index (χ2v) is 5.03. The first-order chi connectivity index (χ1) is 7.17. The van der Waals surface area contributed by atoms with Crippen molar-refractivity contribution in [3.63, 3.8) is 0 Å². The number of unbranched alkanes of at least 4 members (excludes halogenated alkanes) is 2. The van der Waals surface area contributed by atoms with Gasteiger partial charge in [-0.2, -0.15) is 0 Å². The number of rotatable bonds is 6. The smallest absolute Gasteiger partial charge is 0.206 e. The Labute approximate surface area is 91.6 Å². The average molecular weight is 226 g/mol. The van der Waals surface area contributed by atoms with Gasteiger partial charge in [0.1, 0.15) is 0 Å². The Morgan fingerprint density at radius 3 is 2.40 bits per heavy atom. The van der Waals surface area contributed by atoms with Crippen molar-refractivity contribution >= 4 is 10.0 Å². The fourth-order valence-electron chi connectivity index (χ4n) is 1.21. The summed E-state index contributed by atoms with van der Waals surface area (Å²) in [4.78, 5) is 0.279. The monoisotopic (exact) mass is 226 g/mol. The van der Waals surface area contributed by atoms with Crippen molar-refractivity contribution in [1.82, 2.24) is 4.72 Å². The van der Waals surface area contributed by atoms with Crippen molar-refractivity contribution in [2.24, 2.45) is 0 Å². The Hall–Kier alpha value is -0.870. The minimum absolute atomic E-state index is 0.279. The molecule has 0 fully saturated rings. The van der Waals surface area contributed by atoms with Gasteiger partial charge in [-0.05, 0) is 18.6 Å². The lowest BCUT2D eigenvalue weighted by atomic mass is 10.3. The molecule has 0 amide bonds. The van der Waals surface area contributed by atoms with Crippen LogP contribution in [0.1, 0.15) is 26.2 Å². The number of nitrogens with zero attached hydrogens (tertiary/aromatic N) is 1. The molecule has 0 saturated carbocycles. The van der Waals surface area contributed by atoms with Crippen molar-refractivity contribution in [1.29, 1.82) is 0 Å². The molecule has 0 saturated heterocycles. The van der Waals surface area contributed by atoms with Gasteiger partial charge in [0.25, 0.3) is 10.0 Å². The molecule has 0 aliphatic rings. The maximum atomic E-state index is 11.6. The number of hydrogen-bond acceptors (Lipinski definition) is 2. The van der Waals surface area contributed by atoms with Crippen LogP contribution in [-0.4, -0.2) is 15.0 Å². The van der Waals surface area contributed by atoms with Gasteiger partial charge in [0, 0.05) is 6.54 Å². The zero-order valence-corrected chi connectivity index (χ0v) is 9.70. The van der Waals surface area contributed by atoms with Crippen LogP contribution >= 0.6 is 0 Å². The van der Waals surface area contributed by atoms with Crippen LogP contribution in [0.5, 0.6) is 0 Å². The predicted octanol–water partition coefficient (Wildman–Crippen LogP) is 2.17. The van der Waals surface area contributed by atoms with Crippen LogP contribution in [0.25, 0.3) is 0 Å². The molecule has 15 heavy (non-hydrogen) atoms. The van der Waals surface area contributed by atoms with Crippen molar-refractivity contribution in [2.75, 3.05) is 6.54 Å². The predicted molar refractivity (Wildman–Crippen MR) is 60.2 cm³/mol. The van der Waals surface area contributed by atoms with E-state index < -0.39 is 10.0 Å². The molecule has 0 atom stereocenters. The summed E-state index contributed by atoms with van der Waals surface area (Å²) < 4.78 is 27.0. The van der Waals surface area contributed by atoms with Gasteiger partial charge in [0.05, 0.1) is 4.90 Å². The average Bonchev–Trinajstić information content (AvgIpc) is 2.26. The lowest BCUT2D eigenvalue weighted by Gasteiger charge is -2.03. The fourth-order valence-corrected chi connectivity index (χ4v) is 2.23. The molecule has 83 valence electrons. The van der Waals surface area contributed by atoms with Gasteiger partial charge in [-0.1, -0.05) is 38.0 Å². The molecule has 0 aliphatic heterocycles. The van der Waals surface area contributed by atoms with Crippen LogP contribution < -0.4 is 4.72 Å². The van der Waals surface area contributed by atoms with E-state index in [1.807, 2.05) is 0 Å². The van der Waals surface area contributed by atoms with Gasteiger partial charge in [-0.25, -0.2) is 8.42 Å². The maximum Gasteiger partial charge on any atom is 0.256 e. The maximum absolute atomic E-state index is 11.6. The highest BCUT2D eigenvalue weighted by Crippen LogP contribution is 2.08. The van der Waals surface area contributed by atoms with Gasteiger partial charge < -0.3 is 0 Å². The van der Waals surface area contributed by atoms with Crippen LogP contribution in [0, 0.1) is 0 Å². The Morgan fingerprint density at radius 2 is 1.80 bits per heavy atom.